The van der Waals surface area contributed by atoms with E-state index in [2.05, 4.69) is 38.1 Å². The van der Waals surface area contributed by atoms with Crippen molar-refractivity contribution in [3.05, 3.63) is 11.9 Å². The lowest BCUT2D eigenvalue weighted by molar-refractivity contribution is 0.0928. The van der Waals surface area contributed by atoms with Gasteiger partial charge >= 0.3 is 0 Å². The van der Waals surface area contributed by atoms with Gasteiger partial charge in [-0.05, 0) is 17.8 Å². The predicted octanol–water partition coefficient (Wildman–Crippen LogP) is 1.66. The van der Waals surface area contributed by atoms with Gasteiger partial charge in [0.15, 0.2) is 0 Å². The number of hydrogen-bond donors (Lipinski definition) is 2. The molecule has 1 aromatic rings. The molecule has 0 bridgehead atoms. The van der Waals surface area contributed by atoms with Crippen LogP contribution in [-0.2, 0) is 7.05 Å². The van der Waals surface area contributed by atoms with Crippen molar-refractivity contribution in [2.45, 2.75) is 27.7 Å². The van der Waals surface area contributed by atoms with Crippen LogP contribution in [0.15, 0.2) is 6.20 Å². The Hall–Kier alpha value is -1.52. The molecule has 0 atom stereocenters. The lowest BCUT2D eigenvalue weighted by Crippen LogP contribution is -2.35. The highest BCUT2D eigenvalue weighted by atomic mass is 16.2. The molecule has 5 nitrogen and oxygen atoms in total. The molecule has 0 aromatic carbocycles. The molecule has 0 fully saturated rings. The largest absolute Gasteiger partial charge is 0.396 e. The molecule has 0 aliphatic heterocycles. The fourth-order valence-electron chi connectivity index (χ4n) is 2.27. The number of nitrogens with one attached hydrogen (secondary N) is 1. The van der Waals surface area contributed by atoms with Gasteiger partial charge in [0.25, 0.3) is 5.91 Å². The Morgan fingerprint density at radius 3 is 2.33 bits per heavy atom. The van der Waals surface area contributed by atoms with E-state index in [-0.39, 0.29) is 5.91 Å². The summed E-state index contributed by atoms with van der Waals surface area (Å²) in [5.41, 5.74) is 6.57. The average Bonchev–Trinajstić information content (AvgIpc) is 2.57. The van der Waals surface area contributed by atoms with Crippen molar-refractivity contribution in [2.75, 3.05) is 12.3 Å². The van der Waals surface area contributed by atoms with Gasteiger partial charge in [-0.15, -0.1) is 0 Å². The van der Waals surface area contributed by atoms with Gasteiger partial charge in [0.1, 0.15) is 5.69 Å². The summed E-state index contributed by atoms with van der Waals surface area (Å²) in [6.07, 6.45) is 1.50. The van der Waals surface area contributed by atoms with E-state index in [0.717, 1.165) is 0 Å². The first-order chi connectivity index (χ1) is 8.34. The van der Waals surface area contributed by atoms with Gasteiger partial charge in [0.2, 0.25) is 0 Å². The minimum absolute atomic E-state index is 0.154. The Bertz CT molecular complexity index is 382. The minimum Gasteiger partial charge on any atom is -0.396 e. The third kappa shape index (κ3) is 3.24. The number of nitrogens with zero attached hydrogens (tertiary/aromatic N) is 2. The summed E-state index contributed by atoms with van der Waals surface area (Å²) in [6, 6.07) is 0. The third-order valence-corrected chi connectivity index (χ3v) is 3.39. The van der Waals surface area contributed by atoms with E-state index < -0.39 is 0 Å². The van der Waals surface area contributed by atoms with E-state index >= 15 is 0 Å². The van der Waals surface area contributed by atoms with E-state index in [1.165, 1.54) is 10.9 Å². The molecule has 0 saturated carbocycles. The predicted molar refractivity (Wildman–Crippen MR) is 73.1 cm³/mol. The summed E-state index contributed by atoms with van der Waals surface area (Å²) in [7, 11) is 1.72. The Labute approximate surface area is 109 Å². The van der Waals surface area contributed by atoms with Gasteiger partial charge < -0.3 is 11.1 Å². The van der Waals surface area contributed by atoms with Crippen molar-refractivity contribution in [3.63, 3.8) is 0 Å². The third-order valence-electron chi connectivity index (χ3n) is 3.39. The second-order valence-electron chi connectivity index (χ2n) is 5.43. The van der Waals surface area contributed by atoms with Crippen LogP contribution < -0.4 is 11.1 Å². The normalized spacial score (nSPS) is 11.6. The maximum Gasteiger partial charge on any atom is 0.271 e. The number of carbonyl (C=O) groups is 1. The molecule has 0 unspecified atom stereocenters. The van der Waals surface area contributed by atoms with Crippen molar-refractivity contribution in [1.82, 2.24) is 15.1 Å². The van der Waals surface area contributed by atoms with Gasteiger partial charge in [-0.2, -0.15) is 5.10 Å². The quantitative estimate of drug-likeness (QED) is 0.837. The first kappa shape index (κ1) is 14.5. The van der Waals surface area contributed by atoms with Gasteiger partial charge in [-0.1, -0.05) is 27.7 Å². The lowest BCUT2D eigenvalue weighted by atomic mass is 9.85. The zero-order chi connectivity index (χ0) is 13.9. The molecule has 1 heterocycles. The SMILES string of the molecule is CC(C)C(CNC(=O)c1c(N)cnn1C)C(C)C. The van der Waals surface area contributed by atoms with Crippen LogP contribution in [0.2, 0.25) is 0 Å². The van der Waals surface area contributed by atoms with E-state index in [1.54, 1.807) is 7.05 Å². The number of hydrogen-bond acceptors (Lipinski definition) is 3. The van der Waals surface area contributed by atoms with Crippen molar-refractivity contribution in [1.29, 1.82) is 0 Å². The van der Waals surface area contributed by atoms with Crippen LogP contribution in [0, 0.1) is 17.8 Å². The lowest BCUT2D eigenvalue weighted by Gasteiger charge is -2.25. The van der Waals surface area contributed by atoms with Gasteiger partial charge in [0.05, 0.1) is 11.9 Å². The summed E-state index contributed by atoms with van der Waals surface area (Å²) in [6.45, 7) is 9.37. The standard InChI is InChI=1S/C13H24N4O/c1-8(2)10(9(3)4)6-15-13(18)12-11(14)7-16-17(12)5/h7-10H,6,14H2,1-5H3,(H,15,18). The highest BCUT2D eigenvalue weighted by Crippen LogP contribution is 2.19. The zero-order valence-electron chi connectivity index (χ0n) is 11.9. The molecular formula is C13H24N4O. The topological polar surface area (TPSA) is 72.9 Å². The first-order valence-corrected chi connectivity index (χ1v) is 6.40. The number of aromatic nitrogens is 2. The first-order valence-electron chi connectivity index (χ1n) is 6.40. The summed E-state index contributed by atoms with van der Waals surface area (Å²) in [4.78, 5) is 12.0. The van der Waals surface area contributed by atoms with Crippen molar-refractivity contribution < 1.29 is 4.79 Å². The Balaban J connectivity index is 2.66. The van der Waals surface area contributed by atoms with Crippen LogP contribution in [0.3, 0.4) is 0 Å². The second kappa shape index (κ2) is 5.89. The Kier molecular flexibility index (Phi) is 4.76. The van der Waals surface area contributed by atoms with Gasteiger partial charge in [-0.3, -0.25) is 9.48 Å². The Morgan fingerprint density at radius 2 is 1.94 bits per heavy atom. The van der Waals surface area contributed by atoms with Gasteiger partial charge in [-0.25, -0.2) is 0 Å². The molecular weight excluding hydrogens is 228 g/mol. The summed E-state index contributed by atoms with van der Waals surface area (Å²) in [5.74, 6) is 1.38. The van der Waals surface area contributed by atoms with E-state index in [1.807, 2.05) is 0 Å². The number of amides is 1. The molecule has 1 aromatic heterocycles. The molecule has 0 radical (unpaired) electrons. The van der Waals surface area contributed by atoms with Crippen LogP contribution in [0.1, 0.15) is 38.2 Å². The number of carbonyl (C=O) groups excluding carboxylic acids is 1. The number of aryl methyl sites for hydroxylation is 1. The molecule has 3 N–H and O–H groups in total. The number of rotatable bonds is 5. The van der Waals surface area contributed by atoms with Crippen LogP contribution in [0.25, 0.3) is 0 Å². The summed E-state index contributed by atoms with van der Waals surface area (Å²) < 4.78 is 1.50. The molecule has 0 spiro atoms. The van der Waals surface area contributed by atoms with Crippen LogP contribution >= 0.6 is 0 Å². The van der Waals surface area contributed by atoms with Crippen LogP contribution in [0.4, 0.5) is 5.69 Å². The number of nitrogen functional groups attached to an aromatic ring is 1. The maximum atomic E-state index is 12.0. The van der Waals surface area contributed by atoms with Gasteiger partial charge in [0, 0.05) is 13.6 Å². The second-order valence-corrected chi connectivity index (χ2v) is 5.43. The van der Waals surface area contributed by atoms with Crippen LogP contribution in [-0.4, -0.2) is 22.2 Å². The minimum atomic E-state index is -0.154. The molecule has 0 saturated heterocycles. The maximum absolute atomic E-state index is 12.0. The highest BCUT2D eigenvalue weighted by molar-refractivity contribution is 5.97. The van der Waals surface area contributed by atoms with Crippen molar-refractivity contribution in [3.8, 4) is 0 Å². The summed E-state index contributed by atoms with van der Waals surface area (Å²) in [5, 5.41) is 6.92. The van der Waals surface area contributed by atoms with Crippen molar-refractivity contribution in [2.24, 2.45) is 24.8 Å². The molecule has 5 heteroatoms. The van der Waals surface area contributed by atoms with E-state index in [9.17, 15) is 4.79 Å². The number of anilines is 1. The van der Waals surface area contributed by atoms with E-state index in [4.69, 9.17) is 5.73 Å². The Morgan fingerprint density at radius 1 is 1.39 bits per heavy atom. The van der Waals surface area contributed by atoms with Crippen molar-refractivity contribution >= 4 is 11.6 Å². The molecule has 0 aliphatic carbocycles. The monoisotopic (exact) mass is 252 g/mol. The molecule has 1 rings (SSSR count). The average molecular weight is 252 g/mol. The van der Waals surface area contributed by atoms with E-state index in [0.29, 0.717) is 35.7 Å². The smallest absolute Gasteiger partial charge is 0.271 e. The zero-order valence-corrected chi connectivity index (χ0v) is 11.9. The van der Waals surface area contributed by atoms with Crippen LogP contribution in [0.5, 0.6) is 0 Å². The summed E-state index contributed by atoms with van der Waals surface area (Å²) >= 11 is 0. The molecule has 18 heavy (non-hydrogen) atoms. The fraction of sp³-hybridized carbons (Fsp3) is 0.692. The fourth-order valence-corrected chi connectivity index (χ4v) is 2.27. The molecule has 1 amide bonds. The molecule has 102 valence electrons. The number of nitrogens with two attached hydrogens (primary N) is 1. The molecule has 0 aliphatic rings. The highest BCUT2D eigenvalue weighted by Gasteiger charge is 2.20.